The first kappa shape index (κ1) is 20.7. The standard InChI is InChI=1S/C23H19N7O2S/c1-15-5-3-8-22(26-15)30-20(16-9-10-21-24-14-25-29(21)13-16)12-19(28-30)23(31)27-17-6-4-7-18(11-17)33(2)32/h3-14H,1-2H3,(H,27,31). The van der Waals surface area contributed by atoms with Crippen molar-refractivity contribution in [2.45, 2.75) is 11.8 Å². The molecule has 0 aliphatic rings. The minimum Gasteiger partial charge on any atom is -0.321 e. The summed E-state index contributed by atoms with van der Waals surface area (Å²) in [5.74, 6) is 0.203. The number of nitrogens with zero attached hydrogens (tertiary/aromatic N) is 6. The number of anilines is 1. The van der Waals surface area contributed by atoms with Gasteiger partial charge < -0.3 is 5.32 Å². The second-order valence-electron chi connectivity index (χ2n) is 7.38. The van der Waals surface area contributed by atoms with E-state index in [9.17, 15) is 9.00 Å². The Labute approximate surface area is 191 Å². The van der Waals surface area contributed by atoms with E-state index >= 15 is 0 Å². The molecule has 4 aromatic heterocycles. The molecule has 1 N–H and O–H groups in total. The predicted molar refractivity (Wildman–Crippen MR) is 125 cm³/mol. The minimum atomic E-state index is -1.15. The molecule has 1 atom stereocenters. The quantitative estimate of drug-likeness (QED) is 0.434. The molecule has 1 unspecified atom stereocenters. The van der Waals surface area contributed by atoms with E-state index in [1.54, 1.807) is 45.8 Å². The number of aryl methyl sites for hydroxylation is 1. The van der Waals surface area contributed by atoms with E-state index in [1.165, 1.54) is 6.33 Å². The van der Waals surface area contributed by atoms with Crippen molar-refractivity contribution < 1.29 is 9.00 Å². The second-order valence-corrected chi connectivity index (χ2v) is 8.76. The first-order valence-electron chi connectivity index (χ1n) is 10.1. The topological polar surface area (TPSA) is 107 Å². The van der Waals surface area contributed by atoms with Crippen LogP contribution in [0.25, 0.3) is 22.7 Å². The summed E-state index contributed by atoms with van der Waals surface area (Å²) in [5.41, 5.74) is 3.78. The number of aromatic nitrogens is 6. The van der Waals surface area contributed by atoms with Gasteiger partial charge in [-0.05, 0) is 55.5 Å². The summed E-state index contributed by atoms with van der Waals surface area (Å²) < 4.78 is 15.1. The van der Waals surface area contributed by atoms with Crippen LogP contribution in [0, 0.1) is 6.92 Å². The molecule has 10 heteroatoms. The van der Waals surface area contributed by atoms with E-state index in [1.807, 2.05) is 43.5 Å². The van der Waals surface area contributed by atoms with Crippen molar-refractivity contribution >= 4 is 28.0 Å². The normalized spacial score (nSPS) is 12.1. The second kappa shape index (κ2) is 8.40. The number of hydrogen-bond acceptors (Lipinski definition) is 6. The van der Waals surface area contributed by atoms with Crippen molar-refractivity contribution in [3.8, 4) is 17.1 Å². The summed E-state index contributed by atoms with van der Waals surface area (Å²) in [4.78, 5) is 22.4. The maximum absolute atomic E-state index is 13.1. The largest absolute Gasteiger partial charge is 0.321 e. The van der Waals surface area contributed by atoms with Crippen LogP contribution in [0.1, 0.15) is 16.2 Å². The third kappa shape index (κ3) is 4.15. The van der Waals surface area contributed by atoms with Gasteiger partial charge >= 0.3 is 0 Å². The summed E-state index contributed by atoms with van der Waals surface area (Å²) in [5, 5.41) is 11.6. The molecule has 5 aromatic rings. The van der Waals surface area contributed by atoms with E-state index in [0.29, 0.717) is 27.7 Å². The van der Waals surface area contributed by atoms with Gasteiger partial charge in [-0.3, -0.25) is 9.00 Å². The molecule has 1 amide bonds. The Morgan fingerprint density at radius 3 is 2.73 bits per heavy atom. The van der Waals surface area contributed by atoms with Crippen molar-refractivity contribution in [2.24, 2.45) is 0 Å². The number of amides is 1. The Morgan fingerprint density at radius 1 is 1.06 bits per heavy atom. The van der Waals surface area contributed by atoms with Crippen LogP contribution in [0.4, 0.5) is 5.69 Å². The molecule has 0 radical (unpaired) electrons. The average Bonchev–Trinajstić information content (AvgIpc) is 3.46. The maximum atomic E-state index is 13.1. The zero-order valence-corrected chi connectivity index (χ0v) is 18.7. The van der Waals surface area contributed by atoms with E-state index in [-0.39, 0.29) is 11.6 Å². The number of fused-ring (bicyclic) bond motifs is 1. The highest BCUT2D eigenvalue weighted by Crippen LogP contribution is 2.25. The first-order valence-corrected chi connectivity index (χ1v) is 11.6. The number of carbonyl (C=O) groups excluding carboxylic acids is 1. The fourth-order valence-corrected chi connectivity index (χ4v) is 4.00. The third-order valence-electron chi connectivity index (χ3n) is 5.03. The van der Waals surface area contributed by atoms with Gasteiger partial charge in [0.15, 0.2) is 17.2 Å². The molecule has 33 heavy (non-hydrogen) atoms. The third-order valence-corrected chi connectivity index (χ3v) is 5.94. The Morgan fingerprint density at radius 2 is 1.91 bits per heavy atom. The number of carbonyl (C=O) groups is 1. The van der Waals surface area contributed by atoms with Crippen LogP contribution in [-0.2, 0) is 10.8 Å². The van der Waals surface area contributed by atoms with Gasteiger partial charge in [-0.15, -0.1) is 0 Å². The summed E-state index contributed by atoms with van der Waals surface area (Å²) in [6.07, 6.45) is 4.90. The molecule has 164 valence electrons. The van der Waals surface area contributed by atoms with Gasteiger partial charge in [-0.1, -0.05) is 12.1 Å². The molecule has 0 saturated carbocycles. The van der Waals surface area contributed by atoms with Gasteiger partial charge in [-0.2, -0.15) is 10.2 Å². The molecule has 1 aromatic carbocycles. The number of benzene rings is 1. The van der Waals surface area contributed by atoms with Crippen LogP contribution in [0.2, 0.25) is 0 Å². The molecule has 0 spiro atoms. The monoisotopic (exact) mass is 457 g/mol. The smallest absolute Gasteiger partial charge is 0.276 e. The van der Waals surface area contributed by atoms with Crippen molar-refractivity contribution in [3.63, 3.8) is 0 Å². The van der Waals surface area contributed by atoms with Crippen LogP contribution >= 0.6 is 0 Å². The highest BCUT2D eigenvalue weighted by Gasteiger charge is 2.18. The number of pyridine rings is 2. The van der Waals surface area contributed by atoms with Crippen molar-refractivity contribution in [2.75, 3.05) is 11.6 Å². The van der Waals surface area contributed by atoms with Crippen molar-refractivity contribution in [3.05, 3.63) is 84.6 Å². The van der Waals surface area contributed by atoms with Crippen LogP contribution in [0.3, 0.4) is 0 Å². The lowest BCUT2D eigenvalue weighted by atomic mass is 10.2. The number of hydrogen-bond donors (Lipinski definition) is 1. The van der Waals surface area contributed by atoms with Gasteiger partial charge in [0.1, 0.15) is 6.33 Å². The molecular weight excluding hydrogens is 438 g/mol. The Kier molecular flexibility index (Phi) is 5.27. The van der Waals surface area contributed by atoms with Crippen LogP contribution in [0.5, 0.6) is 0 Å². The molecule has 0 aliphatic carbocycles. The van der Waals surface area contributed by atoms with Gasteiger partial charge in [0.25, 0.3) is 5.91 Å². The fourth-order valence-electron chi connectivity index (χ4n) is 3.44. The van der Waals surface area contributed by atoms with Crippen LogP contribution in [0.15, 0.2) is 78.1 Å². The summed E-state index contributed by atoms with van der Waals surface area (Å²) in [7, 11) is -1.15. The molecule has 0 saturated heterocycles. The first-order chi connectivity index (χ1) is 16.0. The molecule has 9 nitrogen and oxygen atoms in total. The van der Waals surface area contributed by atoms with E-state index in [2.05, 4.69) is 25.5 Å². The molecule has 0 fully saturated rings. The zero-order chi connectivity index (χ0) is 22.9. The number of rotatable bonds is 5. The Hall–Kier alpha value is -4.18. The van der Waals surface area contributed by atoms with E-state index in [0.717, 1.165) is 11.3 Å². The zero-order valence-electron chi connectivity index (χ0n) is 17.8. The molecule has 5 rings (SSSR count). The highest BCUT2D eigenvalue weighted by atomic mass is 32.2. The lowest BCUT2D eigenvalue weighted by Gasteiger charge is -2.07. The maximum Gasteiger partial charge on any atom is 0.276 e. The predicted octanol–water partition coefficient (Wildman–Crippen LogP) is 3.28. The highest BCUT2D eigenvalue weighted by molar-refractivity contribution is 7.84. The van der Waals surface area contributed by atoms with Gasteiger partial charge in [-0.25, -0.2) is 19.2 Å². The summed E-state index contributed by atoms with van der Waals surface area (Å²) in [6.45, 7) is 1.90. The van der Waals surface area contributed by atoms with Gasteiger partial charge in [0, 0.05) is 45.1 Å². The minimum absolute atomic E-state index is 0.218. The Balaban J connectivity index is 1.57. The van der Waals surface area contributed by atoms with E-state index in [4.69, 9.17) is 0 Å². The molecular formula is C23H19N7O2S. The lowest BCUT2D eigenvalue weighted by Crippen LogP contribution is -2.13. The van der Waals surface area contributed by atoms with Crippen LogP contribution in [-0.4, -0.2) is 45.7 Å². The van der Waals surface area contributed by atoms with E-state index < -0.39 is 10.8 Å². The van der Waals surface area contributed by atoms with Crippen LogP contribution < -0.4 is 5.32 Å². The molecule has 4 heterocycles. The lowest BCUT2D eigenvalue weighted by molar-refractivity contribution is 0.102. The molecule has 0 bridgehead atoms. The van der Waals surface area contributed by atoms with Crippen molar-refractivity contribution in [1.82, 2.24) is 29.4 Å². The summed E-state index contributed by atoms with van der Waals surface area (Å²) >= 11 is 0. The summed E-state index contributed by atoms with van der Waals surface area (Å²) in [6, 6.07) is 18.0. The number of nitrogens with one attached hydrogen (secondary N) is 1. The fraction of sp³-hybridized carbons (Fsp3) is 0.0870. The van der Waals surface area contributed by atoms with Gasteiger partial charge in [0.2, 0.25) is 0 Å². The van der Waals surface area contributed by atoms with Gasteiger partial charge in [0.05, 0.1) is 5.69 Å². The average molecular weight is 458 g/mol. The SMILES string of the molecule is Cc1cccc(-n2nc(C(=O)Nc3cccc(S(C)=O)c3)cc2-c2ccc3ncnn3c2)n1. The van der Waals surface area contributed by atoms with Crippen molar-refractivity contribution in [1.29, 1.82) is 0 Å². The molecule has 0 aliphatic heterocycles. The Bertz CT molecular complexity index is 1520.